The van der Waals surface area contributed by atoms with E-state index in [1.165, 1.54) is 0 Å². The van der Waals surface area contributed by atoms with E-state index in [9.17, 15) is 0 Å². The molecule has 1 rings (SSSR count). The minimum atomic E-state index is 0.336. The topological polar surface area (TPSA) is 21.7 Å². The number of rotatable bonds is 0. The summed E-state index contributed by atoms with van der Waals surface area (Å²) < 4.78 is 9.79. The molecule has 0 spiro atoms. The summed E-state index contributed by atoms with van der Waals surface area (Å²) in [6.45, 7) is 4.54. The van der Waals surface area contributed by atoms with Gasteiger partial charge in [0.2, 0.25) is 0 Å². The van der Waals surface area contributed by atoms with Crippen LogP contribution in [-0.2, 0) is 9.47 Å². The lowest BCUT2D eigenvalue weighted by Gasteiger charge is -2.26. The molecule has 0 bridgehead atoms. The quantitative estimate of drug-likeness (QED) is 0.454. The molecule has 1 fully saturated rings. The molecule has 0 atom stereocenters. The summed E-state index contributed by atoms with van der Waals surface area (Å²) in [5.74, 6) is 0.677. The second-order valence-electron chi connectivity index (χ2n) is 1.69. The highest BCUT2D eigenvalue weighted by Gasteiger charge is 2.07. The lowest BCUT2D eigenvalue weighted by Crippen LogP contribution is -2.28. The Kier molecular flexibility index (Phi) is 1.39. The molecule has 46 valence electrons. The van der Waals surface area contributed by atoms with Gasteiger partial charge in [0.1, 0.15) is 6.73 Å². The summed E-state index contributed by atoms with van der Waals surface area (Å²) >= 11 is 0. The molecule has 0 aromatic heterocycles. The van der Waals surface area contributed by atoms with E-state index in [2.05, 4.69) is 6.58 Å². The number of ether oxygens (including phenoxy) is 2. The molecule has 8 heavy (non-hydrogen) atoms. The highest BCUT2D eigenvalue weighted by atomic mass is 16.7. The van der Waals surface area contributed by atoms with Gasteiger partial charge in [-0.3, -0.25) is 0 Å². The van der Waals surface area contributed by atoms with E-state index in [1.54, 1.807) is 4.90 Å². The molecule has 0 unspecified atom stereocenters. The van der Waals surface area contributed by atoms with E-state index < -0.39 is 0 Å². The Morgan fingerprint density at radius 3 is 2.88 bits per heavy atom. The fourth-order valence-corrected chi connectivity index (χ4v) is 0.466. The van der Waals surface area contributed by atoms with Gasteiger partial charge in [0.15, 0.2) is 12.7 Å². The van der Waals surface area contributed by atoms with Crippen molar-refractivity contribution in [2.24, 2.45) is 0 Å². The van der Waals surface area contributed by atoms with E-state index >= 15 is 0 Å². The maximum atomic E-state index is 4.90. The molecule has 1 saturated heterocycles. The van der Waals surface area contributed by atoms with E-state index in [4.69, 9.17) is 9.47 Å². The third-order valence-electron chi connectivity index (χ3n) is 1.02. The first-order chi connectivity index (χ1) is 3.80. The Balaban J connectivity index is 2.39. The van der Waals surface area contributed by atoms with Crippen LogP contribution in [0.1, 0.15) is 0 Å². The third-order valence-corrected chi connectivity index (χ3v) is 1.02. The van der Waals surface area contributed by atoms with Crippen LogP contribution in [0.4, 0.5) is 0 Å². The van der Waals surface area contributed by atoms with Crippen LogP contribution in [0.25, 0.3) is 0 Å². The molecule has 3 nitrogen and oxygen atoms in total. The first-order valence-corrected chi connectivity index (χ1v) is 2.41. The molecule has 0 amide bonds. The Bertz CT molecular complexity index is 103. The van der Waals surface area contributed by atoms with Gasteiger partial charge in [0.25, 0.3) is 0 Å². The Hall–Kier alpha value is -0.700. The summed E-state index contributed by atoms with van der Waals surface area (Å²) in [6, 6.07) is 0. The molecule has 1 heterocycles. The zero-order chi connectivity index (χ0) is 5.98. The minimum absolute atomic E-state index is 0.336. The van der Waals surface area contributed by atoms with Gasteiger partial charge in [0, 0.05) is 7.05 Å². The average Bonchev–Trinajstić information content (AvgIpc) is 1.77. The summed E-state index contributed by atoms with van der Waals surface area (Å²) in [4.78, 5) is 1.80. The molecule has 1 aliphatic heterocycles. The van der Waals surface area contributed by atoms with Crippen molar-refractivity contribution in [3.05, 3.63) is 12.5 Å². The van der Waals surface area contributed by atoms with Gasteiger partial charge in [-0.05, 0) is 6.58 Å². The maximum Gasteiger partial charge on any atom is 0.192 e. The third kappa shape index (κ3) is 0.924. The SMILES string of the molecule is C=C1OCOCN1C. The molecule has 0 radical (unpaired) electrons. The van der Waals surface area contributed by atoms with Gasteiger partial charge < -0.3 is 14.4 Å². The van der Waals surface area contributed by atoms with Crippen LogP contribution in [0.15, 0.2) is 12.5 Å². The number of hydrogen-bond donors (Lipinski definition) is 0. The lowest BCUT2D eigenvalue weighted by molar-refractivity contribution is -0.129. The van der Waals surface area contributed by atoms with Crippen LogP contribution in [0.2, 0.25) is 0 Å². The van der Waals surface area contributed by atoms with Gasteiger partial charge >= 0.3 is 0 Å². The fourth-order valence-electron chi connectivity index (χ4n) is 0.466. The van der Waals surface area contributed by atoms with Gasteiger partial charge in [-0.1, -0.05) is 0 Å². The lowest BCUT2D eigenvalue weighted by atomic mass is 10.7. The minimum Gasteiger partial charge on any atom is -0.453 e. The van der Waals surface area contributed by atoms with Crippen molar-refractivity contribution in [1.82, 2.24) is 4.90 Å². The fraction of sp³-hybridized carbons (Fsp3) is 0.600. The zero-order valence-electron chi connectivity index (χ0n) is 4.89. The van der Waals surface area contributed by atoms with Crippen molar-refractivity contribution in [2.75, 3.05) is 20.6 Å². The van der Waals surface area contributed by atoms with Crippen molar-refractivity contribution < 1.29 is 9.47 Å². The first kappa shape index (κ1) is 5.44. The van der Waals surface area contributed by atoms with E-state index in [0.29, 0.717) is 19.4 Å². The maximum absolute atomic E-state index is 4.90. The molecule has 0 saturated carbocycles. The summed E-state index contributed by atoms with van der Waals surface area (Å²) in [5, 5.41) is 0. The van der Waals surface area contributed by atoms with E-state index in [1.807, 2.05) is 7.05 Å². The van der Waals surface area contributed by atoms with Gasteiger partial charge in [-0.2, -0.15) is 0 Å². The van der Waals surface area contributed by atoms with Crippen molar-refractivity contribution in [3.63, 3.8) is 0 Å². The zero-order valence-corrected chi connectivity index (χ0v) is 4.89. The van der Waals surface area contributed by atoms with E-state index in [0.717, 1.165) is 0 Å². The predicted octanol–water partition coefficient (Wildman–Crippen LogP) is 0.351. The Morgan fingerprint density at radius 1 is 1.75 bits per heavy atom. The summed E-state index contributed by atoms with van der Waals surface area (Å²) in [6.07, 6.45) is 0. The van der Waals surface area contributed by atoms with E-state index in [-0.39, 0.29) is 0 Å². The van der Waals surface area contributed by atoms with Crippen LogP contribution in [0.3, 0.4) is 0 Å². The molecule has 0 N–H and O–H groups in total. The molecule has 1 aliphatic rings. The predicted molar refractivity (Wildman–Crippen MR) is 28.8 cm³/mol. The highest BCUT2D eigenvalue weighted by molar-refractivity contribution is 4.79. The van der Waals surface area contributed by atoms with Crippen LogP contribution in [0.5, 0.6) is 0 Å². The Labute approximate surface area is 48.5 Å². The van der Waals surface area contributed by atoms with Crippen molar-refractivity contribution in [3.8, 4) is 0 Å². The standard InChI is InChI=1S/C5H9NO2/c1-5-6(2)3-7-4-8-5/h1,3-4H2,2H3. The van der Waals surface area contributed by atoms with Crippen molar-refractivity contribution in [1.29, 1.82) is 0 Å². The second kappa shape index (κ2) is 2.05. The van der Waals surface area contributed by atoms with Crippen LogP contribution < -0.4 is 0 Å². The van der Waals surface area contributed by atoms with Crippen molar-refractivity contribution >= 4 is 0 Å². The molecular weight excluding hydrogens is 106 g/mol. The molecule has 0 aliphatic carbocycles. The summed E-state index contributed by atoms with van der Waals surface area (Å²) in [7, 11) is 1.86. The monoisotopic (exact) mass is 115 g/mol. The number of nitrogens with zero attached hydrogens (tertiary/aromatic N) is 1. The summed E-state index contributed by atoms with van der Waals surface area (Å²) in [5.41, 5.74) is 0. The molecule has 3 heteroatoms. The number of hydrogen-bond acceptors (Lipinski definition) is 3. The molecule has 0 aromatic carbocycles. The molecule has 0 aromatic rings. The normalized spacial score (nSPS) is 20.6. The van der Waals surface area contributed by atoms with Gasteiger partial charge in [-0.15, -0.1) is 0 Å². The van der Waals surface area contributed by atoms with Gasteiger partial charge in [0.05, 0.1) is 0 Å². The van der Waals surface area contributed by atoms with Crippen LogP contribution >= 0.6 is 0 Å². The van der Waals surface area contributed by atoms with Crippen LogP contribution in [-0.4, -0.2) is 25.5 Å². The highest BCUT2D eigenvalue weighted by Crippen LogP contribution is 2.04. The largest absolute Gasteiger partial charge is 0.453 e. The average molecular weight is 115 g/mol. The molecular formula is C5H9NO2. The van der Waals surface area contributed by atoms with Crippen molar-refractivity contribution in [2.45, 2.75) is 0 Å². The Morgan fingerprint density at radius 2 is 2.50 bits per heavy atom. The van der Waals surface area contributed by atoms with Gasteiger partial charge in [-0.25, -0.2) is 0 Å². The van der Waals surface area contributed by atoms with Crippen LogP contribution in [0, 0.1) is 0 Å². The second-order valence-corrected chi connectivity index (χ2v) is 1.69. The first-order valence-electron chi connectivity index (χ1n) is 2.41. The smallest absolute Gasteiger partial charge is 0.192 e.